The smallest absolute Gasteiger partial charge is 0.00965 e. The van der Waals surface area contributed by atoms with E-state index < -0.39 is 0 Å². The average Bonchev–Trinajstić information content (AvgIpc) is 2.85. The zero-order chi connectivity index (χ0) is 9.38. The predicted octanol–water partition coefficient (Wildman–Crippen LogP) is 1.61. The molecule has 0 aromatic carbocycles. The van der Waals surface area contributed by atoms with Gasteiger partial charge in [-0.15, -0.1) is 0 Å². The molecule has 3 fully saturated rings. The molecule has 3 rings (SSSR count). The molecule has 1 aliphatic heterocycles. The van der Waals surface area contributed by atoms with Gasteiger partial charge in [0, 0.05) is 18.6 Å². The molecule has 3 aliphatic rings. The lowest BCUT2D eigenvalue weighted by Gasteiger charge is -2.28. The zero-order valence-corrected chi connectivity index (χ0v) is 9.04. The van der Waals surface area contributed by atoms with E-state index in [0.29, 0.717) is 0 Å². The van der Waals surface area contributed by atoms with Crippen molar-refractivity contribution < 1.29 is 0 Å². The lowest BCUT2D eigenvalue weighted by molar-refractivity contribution is 0.291. The van der Waals surface area contributed by atoms with Crippen LogP contribution in [0.4, 0.5) is 0 Å². The molecule has 1 heterocycles. The summed E-state index contributed by atoms with van der Waals surface area (Å²) in [6, 6.07) is 1.87. The standard InChI is InChI=1S/C12H22N2/c1-2-11(3-1)13-8-10-6-7-14(9-10)12-4-5-12/h10-13H,1-9H2. The number of likely N-dealkylation sites (tertiary alicyclic amines) is 1. The summed E-state index contributed by atoms with van der Waals surface area (Å²) in [5.41, 5.74) is 0. The van der Waals surface area contributed by atoms with Crippen LogP contribution in [0.15, 0.2) is 0 Å². The van der Waals surface area contributed by atoms with E-state index in [9.17, 15) is 0 Å². The third kappa shape index (κ3) is 1.96. The number of rotatable bonds is 4. The van der Waals surface area contributed by atoms with E-state index in [0.717, 1.165) is 18.0 Å². The maximum Gasteiger partial charge on any atom is 0.00965 e. The normalized spacial score (nSPS) is 34.7. The largest absolute Gasteiger partial charge is 0.314 e. The molecule has 1 atom stereocenters. The van der Waals surface area contributed by atoms with Gasteiger partial charge in [0.15, 0.2) is 0 Å². The van der Waals surface area contributed by atoms with E-state index in [1.54, 1.807) is 0 Å². The van der Waals surface area contributed by atoms with E-state index >= 15 is 0 Å². The quantitative estimate of drug-likeness (QED) is 0.731. The second-order valence-corrected chi connectivity index (χ2v) is 5.42. The van der Waals surface area contributed by atoms with E-state index in [-0.39, 0.29) is 0 Å². The summed E-state index contributed by atoms with van der Waals surface area (Å²) in [6.45, 7) is 4.04. The van der Waals surface area contributed by atoms with Gasteiger partial charge in [-0.2, -0.15) is 0 Å². The maximum atomic E-state index is 3.71. The number of hydrogen-bond acceptors (Lipinski definition) is 2. The van der Waals surface area contributed by atoms with Crippen LogP contribution in [0.2, 0.25) is 0 Å². The number of hydrogen-bond donors (Lipinski definition) is 1. The van der Waals surface area contributed by atoms with Crippen molar-refractivity contribution in [1.82, 2.24) is 10.2 Å². The van der Waals surface area contributed by atoms with Gasteiger partial charge >= 0.3 is 0 Å². The van der Waals surface area contributed by atoms with Crippen molar-refractivity contribution in [3.8, 4) is 0 Å². The minimum Gasteiger partial charge on any atom is -0.314 e. The van der Waals surface area contributed by atoms with Crippen LogP contribution in [0.5, 0.6) is 0 Å². The summed E-state index contributed by atoms with van der Waals surface area (Å²) in [5.74, 6) is 0.955. The average molecular weight is 194 g/mol. The minimum absolute atomic E-state index is 0.880. The van der Waals surface area contributed by atoms with Gasteiger partial charge in [-0.3, -0.25) is 0 Å². The summed E-state index contributed by atoms with van der Waals surface area (Å²) in [4.78, 5) is 2.72. The van der Waals surface area contributed by atoms with Gasteiger partial charge in [0.1, 0.15) is 0 Å². The van der Waals surface area contributed by atoms with Crippen LogP contribution in [0.3, 0.4) is 0 Å². The van der Waals surface area contributed by atoms with E-state index in [2.05, 4.69) is 10.2 Å². The molecule has 2 nitrogen and oxygen atoms in total. The van der Waals surface area contributed by atoms with E-state index in [1.807, 2.05) is 0 Å². The molecule has 0 amide bonds. The molecule has 0 radical (unpaired) electrons. The number of nitrogens with one attached hydrogen (secondary N) is 1. The Morgan fingerprint density at radius 1 is 1.07 bits per heavy atom. The first-order valence-electron chi connectivity index (χ1n) is 6.39. The first-order chi connectivity index (χ1) is 6.92. The molecule has 2 heteroatoms. The molecule has 1 unspecified atom stereocenters. The molecule has 14 heavy (non-hydrogen) atoms. The Labute approximate surface area is 87.0 Å². The van der Waals surface area contributed by atoms with Crippen molar-refractivity contribution in [3.63, 3.8) is 0 Å². The highest BCUT2D eigenvalue weighted by molar-refractivity contribution is 4.90. The first kappa shape index (κ1) is 9.17. The van der Waals surface area contributed by atoms with Crippen molar-refractivity contribution >= 4 is 0 Å². The lowest BCUT2D eigenvalue weighted by Crippen LogP contribution is -2.38. The number of nitrogens with zero attached hydrogens (tertiary/aromatic N) is 1. The molecule has 0 aromatic rings. The SMILES string of the molecule is C1CC(NCC2CCN(C3CC3)C2)C1. The topological polar surface area (TPSA) is 15.3 Å². The molecular formula is C12H22N2. The van der Waals surface area contributed by atoms with E-state index in [4.69, 9.17) is 0 Å². The molecule has 0 spiro atoms. The Kier molecular flexibility index (Phi) is 2.50. The third-order valence-corrected chi connectivity index (χ3v) is 4.18. The van der Waals surface area contributed by atoms with Crippen molar-refractivity contribution in [2.45, 2.75) is 50.6 Å². The van der Waals surface area contributed by atoms with Crippen molar-refractivity contribution in [2.75, 3.05) is 19.6 Å². The Hall–Kier alpha value is -0.0800. The molecule has 0 bridgehead atoms. The molecule has 2 saturated carbocycles. The summed E-state index contributed by atoms with van der Waals surface area (Å²) in [6.07, 6.45) is 8.70. The minimum atomic E-state index is 0.880. The fourth-order valence-corrected chi connectivity index (χ4v) is 2.75. The monoisotopic (exact) mass is 194 g/mol. The molecule has 1 saturated heterocycles. The molecule has 2 aliphatic carbocycles. The van der Waals surface area contributed by atoms with Crippen LogP contribution in [-0.4, -0.2) is 36.6 Å². The Bertz CT molecular complexity index is 196. The second kappa shape index (κ2) is 3.82. The Morgan fingerprint density at radius 2 is 1.93 bits per heavy atom. The van der Waals surface area contributed by atoms with Gasteiger partial charge in [-0.05, 0) is 51.1 Å². The second-order valence-electron chi connectivity index (χ2n) is 5.42. The van der Waals surface area contributed by atoms with Crippen LogP contribution in [-0.2, 0) is 0 Å². The van der Waals surface area contributed by atoms with Gasteiger partial charge in [-0.25, -0.2) is 0 Å². The Morgan fingerprint density at radius 3 is 2.57 bits per heavy atom. The Balaban J connectivity index is 1.37. The van der Waals surface area contributed by atoms with Crippen LogP contribution < -0.4 is 5.32 Å². The predicted molar refractivity (Wildman–Crippen MR) is 58.3 cm³/mol. The van der Waals surface area contributed by atoms with Gasteiger partial charge in [0.2, 0.25) is 0 Å². The van der Waals surface area contributed by atoms with E-state index in [1.165, 1.54) is 58.2 Å². The molecule has 0 aromatic heterocycles. The summed E-state index contributed by atoms with van der Waals surface area (Å²) < 4.78 is 0. The first-order valence-corrected chi connectivity index (χ1v) is 6.39. The van der Waals surface area contributed by atoms with Gasteiger partial charge < -0.3 is 10.2 Å². The van der Waals surface area contributed by atoms with Crippen molar-refractivity contribution in [2.24, 2.45) is 5.92 Å². The fourth-order valence-electron chi connectivity index (χ4n) is 2.75. The highest BCUT2D eigenvalue weighted by Gasteiger charge is 2.34. The van der Waals surface area contributed by atoms with Gasteiger partial charge in [0.05, 0.1) is 0 Å². The molecule has 1 N–H and O–H groups in total. The fraction of sp³-hybridized carbons (Fsp3) is 1.00. The lowest BCUT2D eigenvalue weighted by atomic mass is 9.92. The van der Waals surface area contributed by atoms with Crippen molar-refractivity contribution in [3.05, 3.63) is 0 Å². The summed E-state index contributed by atoms with van der Waals surface area (Å²) >= 11 is 0. The van der Waals surface area contributed by atoms with Gasteiger partial charge in [0.25, 0.3) is 0 Å². The molecule has 80 valence electrons. The highest BCUT2D eigenvalue weighted by atomic mass is 15.2. The van der Waals surface area contributed by atoms with Crippen LogP contribution in [0.25, 0.3) is 0 Å². The summed E-state index contributed by atoms with van der Waals surface area (Å²) in [5, 5.41) is 3.71. The van der Waals surface area contributed by atoms with Gasteiger partial charge in [-0.1, -0.05) is 6.42 Å². The third-order valence-electron chi connectivity index (χ3n) is 4.18. The zero-order valence-electron chi connectivity index (χ0n) is 9.04. The van der Waals surface area contributed by atoms with Crippen LogP contribution >= 0.6 is 0 Å². The highest BCUT2D eigenvalue weighted by Crippen LogP contribution is 2.31. The maximum absolute atomic E-state index is 3.71. The summed E-state index contributed by atoms with van der Waals surface area (Å²) in [7, 11) is 0. The van der Waals surface area contributed by atoms with Crippen LogP contribution in [0.1, 0.15) is 38.5 Å². The van der Waals surface area contributed by atoms with Crippen LogP contribution in [0, 0.1) is 5.92 Å². The van der Waals surface area contributed by atoms with Crippen molar-refractivity contribution in [1.29, 1.82) is 0 Å². The molecular weight excluding hydrogens is 172 g/mol.